The van der Waals surface area contributed by atoms with Gasteiger partial charge in [0.05, 0.1) is 13.2 Å². The minimum Gasteiger partial charge on any atom is -0.378 e. The van der Waals surface area contributed by atoms with Gasteiger partial charge in [-0.2, -0.15) is 0 Å². The van der Waals surface area contributed by atoms with Crippen LogP contribution < -0.4 is 16.2 Å². The van der Waals surface area contributed by atoms with Crippen LogP contribution in [0.1, 0.15) is 32.1 Å². The van der Waals surface area contributed by atoms with Crippen molar-refractivity contribution in [3.63, 3.8) is 0 Å². The largest absolute Gasteiger partial charge is 0.378 e. The van der Waals surface area contributed by atoms with Crippen molar-refractivity contribution in [2.45, 2.75) is 38.1 Å². The van der Waals surface area contributed by atoms with Gasteiger partial charge in [0.15, 0.2) is 10.2 Å². The highest BCUT2D eigenvalue weighted by atomic mass is 32.1. The first-order valence-electron chi connectivity index (χ1n) is 6.95. The molecule has 1 saturated heterocycles. The lowest BCUT2D eigenvalue weighted by atomic mass is 9.96. The Morgan fingerprint density at radius 2 is 1.68 bits per heavy atom. The summed E-state index contributed by atoms with van der Waals surface area (Å²) in [6.07, 6.45) is 6.34. The van der Waals surface area contributed by atoms with Gasteiger partial charge in [-0.3, -0.25) is 10.9 Å². The first-order valence-corrected chi connectivity index (χ1v) is 7.76. The van der Waals surface area contributed by atoms with Gasteiger partial charge in [0.25, 0.3) is 0 Å². The lowest BCUT2D eigenvalue weighted by molar-refractivity contribution is 0.0675. The van der Waals surface area contributed by atoms with Gasteiger partial charge in [-0.25, -0.2) is 0 Å². The highest BCUT2D eigenvalue weighted by Crippen LogP contribution is 2.17. The number of hydrogen-bond donors (Lipinski definition) is 3. The molecule has 0 aromatic carbocycles. The fourth-order valence-electron chi connectivity index (χ4n) is 2.42. The second-order valence-electron chi connectivity index (χ2n) is 4.96. The first-order chi connectivity index (χ1) is 9.25. The molecule has 7 heteroatoms. The lowest BCUT2D eigenvalue weighted by Crippen LogP contribution is -2.55. The summed E-state index contributed by atoms with van der Waals surface area (Å²) in [5, 5.41) is 4.64. The highest BCUT2D eigenvalue weighted by molar-refractivity contribution is 7.80. The van der Waals surface area contributed by atoms with Crippen molar-refractivity contribution < 1.29 is 4.74 Å². The number of rotatable bonds is 1. The van der Waals surface area contributed by atoms with Crippen molar-refractivity contribution in [2.24, 2.45) is 0 Å². The second kappa shape index (κ2) is 7.81. The molecule has 2 fully saturated rings. The van der Waals surface area contributed by atoms with E-state index in [1.807, 2.05) is 0 Å². The summed E-state index contributed by atoms with van der Waals surface area (Å²) in [6.45, 7) is 3.12. The van der Waals surface area contributed by atoms with Crippen LogP contribution in [-0.4, -0.2) is 47.5 Å². The number of nitrogens with one attached hydrogen (secondary N) is 3. The predicted molar refractivity (Wildman–Crippen MR) is 83.9 cm³/mol. The third-order valence-corrected chi connectivity index (χ3v) is 4.10. The van der Waals surface area contributed by atoms with Crippen LogP contribution in [0.15, 0.2) is 0 Å². The highest BCUT2D eigenvalue weighted by Gasteiger charge is 2.15. The van der Waals surface area contributed by atoms with Crippen LogP contribution in [-0.2, 0) is 4.74 Å². The average Bonchev–Trinajstić information content (AvgIpc) is 2.47. The minimum absolute atomic E-state index is 0.507. The van der Waals surface area contributed by atoms with E-state index >= 15 is 0 Å². The number of thiocarbonyl (C=S) groups is 2. The number of hydrogen-bond acceptors (Lipinski definition) is 3. The summed E-state index contributed by atoms with van der Waals surface area (Å²) >= 11 is 10.6. The van der Waals surface area contributed by atoms with E-state index in [1.165, 1.54) is 32.1 Å². The van der Waals surface area contributed by atoms with Crippen LogP contribution in [0.2, 0.25) is 0 Å². The van der Waals surface area contributed by atoms with E-state index in [4.69, 9.17) is 29.2 Å². The van der Waals surface area contributed by atoms with Crippen molar-refractivity contribution in [2.75, 3.05) is 26.3 Å². The normalized spacial score (nSPS) is 20.7. The average molecular weight is 302 g/mol. The van der Waals surface area contributed by atoms with Gasteiger partial charge in [-0.05, 0) is 37.3 Å². The zero-order chi connectivity index (χ0) is 13.5. The van der Waals surface area contributed by atoms with Crippen molar-refractivity contribution >= 4 is 34.7 Å². The molecule has 3 N–H and O–H groups in total. The fraction of sp³-hybridized carbons (Fsp3) is 0.833. The van der Waals surface area contributed by atoms with Crippen LogP contribution >= 0.6 is 24.4 Å². The molecule has 5 nitrogen and oxygen atoms in total. The SMILES string of the molecule is S=C(NNC(=S)N1CCOCC1)NC1CCCCC1. The van der Waals surface area contributed by atoms with Gasteiger partial charge in [-0.15, -0.1) is 0 Å². The summed E-state index contributed by atoms with van der Waals surface area (Å²) in [7, 11) is 0. The van der Waals surface area contributed by atoms with Crippen molar-refractivity contribution in [1.29, 1.82) is 0 Å². The Morgan fingerprint density at radius 3 is 2.37 bits per heavy atom. The van der Waals surface area contributed by atoms with Crippen molar-refractivity contribution in [1.82, 2.24) is 21.1 Å². The maximum absolute atomic E-state index is 5.31. The van der Waals surface area contributed by atoms with Gasteiger partial charge in [0.2, 0.25) is 0 Å². The van der Waals surface area contributed by atoms with E-state index in [9.17, 15) is 0 Å². The minimum atomic E-state index is 0.507. The van der Waals surface area contributed by atoms with Crippen LogP contribution in [0.4, 0.5) is 0 Å². The maximum Gasteiger partial charge on any atom is 0.188 e. The Balaban J connectivity index is 1.63. The maximum atomic E-state index is 5.31. The first kappa shape index (κ1) is 14.7. The van der Waals surface area contributed by atoms with Gasteiger partial charge in [0, 0.05) is 19.1 Å². The fourth-order valence-corrected chi connectivity index (χ4v) is 2.88. The molecule has 2 rings (SSSR count). The lowest BCUT2D eigenvalue weighted by Gasteiger charge is -2.30. The summed E-state index contributed by atoms with van der Waals surface area (Å²) in [4.78, 5) is 2.08. The molecule has 0 atom stereocenters. The number of ether oxygens (including phenoxy) is 1. The van der Waals surface area contributed by atoms with E-state index in [0.717, 1.165) is 26.3 Å². The zero-order valence-electron chi connectivity index (χ0n) is 11.1. The molecule has 0 unspecified atom stereocenters. The quantitative estimate of drug-likeness (QED) is 0.491. The van der Waals surface area contributed by atoms with E-state index < -0.39 is 0 Å². The molecule has 0 spiro atoms. The Bertz CT molecular complexity index is 315. The molecule has 2 aliphatic rings. The predicted octanol–water partition coefficient (Wildman–Crippen LogP) is 0.905. The molecule has 1 aliphatic heterocycles. The molecule has 0 aromatic rings. The zero-order valence-corrected chi connectivity index (χ0v) is 12.7. The van der Waals surface area contributed by atoms with Crippen molar-refractivity contribution in [3.05, 3.63) is 0 Å². The van der Waals surface area contributed by atoms with Gasteiger partial charge in [0.1, 0.15) is 0 Å². The summed E-state index contributed by atoms with van der Waals surface area (Å²) in [5.41, 5.74) is 5.96. The molecule has 19 heavy (non-hydrogen) atoms. The number of nitrogens with zero attached hydrogens (tertiary/aromatic N) is 1. The van der Waals surface area contributed by atoms with E-state index in [0.29, 0.717) is 16.3 Å². The number of morpholine rings is 1. The van der Waals surface area contributed by atoms with Crippen LogP contribution in [0.5, 0.6) is 0 Å². The monoisotopic (exact) mass is 302 g/mol. The smallest absolute Gasteiger partial charge is 0.188 e. The standard InChI is InChI=1S/C12H22N4OS2/c18-11(13-10-4-2-1-3-5-10)14-15-12(19)16-6-8-17-9-7-16/h10H,1-9H2,(H,15,19)(H2,13,14,18). The molecule has 1 heterocycles. The van der Waals surface area contributed by atoms with Crippen LogP contribution in [0.3, 0.4) is 0 Å². The Morgan fingerprint density at radius 1 is 1.00 bits per heavy atom. The molecule has 1 saturated carbocycles. The van der Waals surface area contributed by atoms with Crippen LogP contribution in [0.25, 0.3) is 0 Å². The van der Waals surface area contributed by atoms with E-state index in [-0.39, 0.29) is 0 Å². The molecule has 0 bridgehead atoms. The molecular weight excluding hydrogens is 280 g/mol. The molecule has 0 amide bonds. The molecule has 108 valence electrons. The topological polar surface area (TPSA) is 48.6 Å². The summed E-state index contributed by atoms with van der Waals surface area (Å²) in [6, 6.07) is 0.507. The Hall–Kier alpha value is -0.660. The third kappa shape index (κ3) is 5.08. The van der Waals surface area contributed by atoms with Gasteiger partial charge in [-0.1, -0.05) is 19.3 Å². The van der Waals surface area contributed by atoms with E-state index in [2.05, 4.69) is 21.1 Å². The van der Waals surface area contributed by atoms with Crippen molar-refractivity contribution in [3.8, 4) is 0 Å². The summed E-state index contributed by atoms with van der Waals surface area (Å²) in [5.74, 6) is 0. The van der Waals surface area contributed by atoms with Crippen LogP contribution in [0, 0.1) is 0 Å². The van der Waals surface area contributed by atoms with E-state index in [1.54, 1.807) is 0 Å². The molecule has 0 aromatic heterocycles. The molecular formula is C12H22N4OS2. The summed E-state index contributed by atoms with van der Waals surface area (Å²) < 4.78 is 5.29. The Labute approximate surface area is 125 Å². The third-order valence-electron chi connectivity index (χ3n) is 3.52. The Kier molecular flexibility index (Phi) is 6.06. The van der Waals surface area contributed by atoms with Gasteiger partial charge < -0.3 is 15.0 Å². The molecule has 0 radical (unpaired) electrons. The molecule has 1 aliphatic carbocycles. The van der Waals surface area contributed by atoms with Gasteiger partial charge >= 0.3 is 0 Å². The second-order valence-corrected chi connectivity index (χ2v) is 5.76. The number of hydrazine groups is 1.